The second-order valence-corrected chi connectivity index (χ2v) is 4.84. The molecule has 0 saturated heterocycles. The predicted molar refractivity (Wildman–Crippen MR) is 86.5 cm³/mol. The average molecular weight is 300 g/mol. The normalized spacial score (nSPS) is 9.95. The van der Waals surface area contributed by atoms with Crippen LogP contribution in [0.2, 0.25) is 0 Å². The lowest BCUT2D eigenvalue weighted by Gasteiger charge is -2.19. The van der Waals surface area contributed by atoms with Gasteiger partial charge in [-0.25, -0.2) is 4.79 Å². The quantitative estimate of drug-likeness (QED) is 0.921. The minimum absolute atomic E-state index is 0.202. The number of ether oxygens (including phenoxy) is 2. The Morgan fingerprint density at radius 3 is 2.45 bits per heavy atom. The van der Waals surface area contributed by atoms with Gasteiger partial charge in [0.15, 0.2) is 0 Å². The number of anilines is 1. The lowest BCUT2D eigenvalue weighted by Crippen LogP contribution is -2.30. The smallest absolute Gasteiger partial charge is 0.321 e. The molecule has 2 aromatic rings. The van der Waals surface area contributed by atoms with Crippen LogP contribution >= 0.6 is 0 Å². The van der Waals surface area contributed by atoms with Gasteiger partial charge >= 0.3 is 6.03 Å². The van der Waals surface area contributed by atoms with Crippen LogP contribution in [0.3, 0.4) is 0 Å². The number of rotatable bonds is 5. The van der Waals surface area contributed by atoms with Crippen LogP contribution < -0.4 is 14.8 Å². The Labute approximate surface area is 130 Å². The van der Waals surface area contributed by atoms with Gasteiger partial charge in [-0.15, -0.1) is 0 Å². The highest BCUT2D eigenvalue weighted by Crippen LogP contribution is 2.29. The molecule has 2 aromatic carbocycles. The standard InChI is InChI=1S/C17H20N2O3/c1-19(12-13-7-5-4-6-8-13)17(20)18-15-10-9-14(21-2)11-16(15)22-3/h4-11H,12H2,1-3H3,(H,18,20). The van der Waals surface area contributed by atoms with Gasteiger partial charge in [0, 0.05) is 19.7 Å². The molecule has 0 radical (unpaired) electrons. The Kier molecular flexibility index (Phi) is 5.25. The van der Waals surface area contributed by atoms with E-state index in [1.54, 1.807) is 44.4 Å². The number of nitrogens with one attached hydrogen (secondary N) is 1. The van der Waals surface area contributed by atoms with E-state index in [0.717, 1.165) is 5.56 Å². The Bertz CT molecular complexity index is 629. The molecule has 5 heteroatoms. The van der Waals surface area contributed by atoms with Crippen molar-refractivity contribution in [2.45, 2.75) is 6.54 Å². The number of nitrogens with zero attached hydrogens (tertiary/aromatic N) is 1. The van der Waals surface area contributed by atoms with Crippen molar-refractivity contribution < 1.29 is 14.3 Å². The molecule has 0 fully saturated rings. The molecule has 0 aromatic heterocycles. The molecular formula is C17H20N2O3. The molecule has 0 atom stereocenters. The maximum Gasteiger partial charge on any atom is 0.321 e. The monoisotopic (exact) mass is 300 g/mol. The van der Waals surface area contributed by atoms with Crippen LogP contribution in [0.4, 0.5) is 10.5 Å². The molecule has 5 nitrogen and oxygen atoms in total. The summed E-state index contributed by atoms with van der Waals surface area (Å²) in [4.78, 5) is 13.9. The highest BCUT2D eigenvalue weighted by molar-refractivity contribution is 5.91. The van der Waals surface area contributed by atoms with Gasteiger partial charge in [-0.3, -0.25) is 0 Å². The first kappa shape index (κ1) is 15.7. The zero-order valence-electron chi connectivity index (χ0n) is 13.0. The lowest BCUT2D eigenvalue weighted by atomic mass is 10.2. The summed E-state index contributed by atoms with van der Waals surface area (Å²) in [6, 6.07) is 14.9. The number of benzene rings is 2. The lowest BCUT2D eigenvalue weighted by molar-refractivity contribution is 0.220. The molecule has 2 rings (SSSR count). The van der Waals surface area contributed by atoms with Crippen molar-refractivity contribution in [2.24, 2.45) is 0 Å². The van der Waals surface area contributed by atoms with Crippen LogP contribution in [0.5, 0.6) is 11.5 Å². The highest BCUT2D eigenvalue weighted by Gasteiger charge is 2.12. The predicted octanol–water partition coefficient (Wildman–Crippen LogP) is 3.37. The largest absolute Gasteiger partial charge is 0.497 e. The van der Waals surface area contributed by atoms with Crippen molar-refractivity contribution in [3.63, 3.8) is 0 Å². The first-order valence-corrected chi connectivity index (χ1v) is 6.92. The fraction of sp³-hybridized carbons (Fsp3) is 0.235. The molecular weight excluding hydrogens is 280 g/mol. The molecule has 0 aliphatic rings. The Morgan fingerprint density at radius 2 is 1.82 bits per heavy atom. The van der Waals surface area contributed by atoms with E-state index in [-0.39, 0.29) is 6.03 Å². The third-order valence-corrected chi connectivity index (χ3v) is 3.26. The second kappa shape index (κ2) is 7.36. The van der Waals surface area contributed by atoms with Gasteiger partial charge in [-0.2, -0.15) is 0 Å². The van der Waals surface area contributed by atoms with Gasteiger partial charge in [-0.05, 0) is 17.7 Å². The zero-order valence-corrected chi connectivity index (χ0v) is 13.0. The van der Waals surface area contributed by atoms with Gasteiger partial charge in [0.25, 0.3) is 0 Å². The van der Waals surface area contributed by atoms with Gasteiger partial charge in [-0.1, -0.05) is 30.3 Å². The molecule has 0 saturated carbocycles. The van der Waals surface area contributed by atoms with Crippen molar-refractivity contribution in [1.29, 1.82) is 0 Å². The molecule has 0 aliphatic heterocycles. The molecule has 0 aliphatic carbocycles. The van der Waals surface area contributed by atoms with Crippen LogP contribution in [-0.2, 0) is 6.54 Å². The van der Waals surface area contributed by atoms with Crippen LogP contribution in [0.25, 0.3) is 0 Å². The fourth-order valence-electron chi connectivity index (χ4n) is 2.04. The fourth-order valence-corrected chi connectivity index (χ4v) is 2.04. The minimum atomic E-state index is -0.202. The summed E-state index contributed by atoms with van der Waals surface area (Å²) >= 11 is 0. The minimum Gasteiger partial charge on any atom is -0.497 e. The van der Waals surface area contributed by atoms with E-state index in [4.69, 9.17) is 9.47 Å². The summed E-state index contributed by atoms with van der Waals surface area (Å²) in [5.74, 6) is 1.23. The number of urea groups is 1. The summed E-state index contributed by atoms with van der Waals surface area (Å²) in [5, 5.41) is 2.84. The van der Waals surface area contributed by atoms with E-state index in [2.05, 4.69) is 5.32 Å². The molecule has 0 heterocycles. The SMILES string of the molecule is COc1ccc(NC(=O)N(C)Cc2ccccc2)c(OC)c1. The van der Waals surface area contributed by atoms with E-state index in [9.17, 15) is 4.79 Å². The van der Waals surface area contributed by atoms with Gasteiger partial charge in [0.05, 0.1) is 19.9 Å². The Balaban J connectivity index is 2.05. The summed E-state index contributed by atoms with van der Waals surface area (Å²) in [5.41, 5.74) is 1.68. The van der Waals surface area contributed by atoms with Crippen molar-refractivity contribution >= 4 is 11.7 Å². The van der Waals surface area contributed by atoms with Crippen molar-refractivity contribution in [1.82, 2.24) is 4.90 Å². The topological polar surface area (TPSA) is 50.8 Å². The molecule has 0 spiro atoms. The van der Waals surface area contributed by atoms with Gasteiger partial charge in [0.1, 0.15) is 11.5 Å². The van der Waals surface area contributed by atoms with Gasteiger partial charge in [0.2, 0.25) is 0 Å². The third kappa shape index (κ3) is 3.91. The van der Waals surface area contributed by atoms with Gasteiger partial charge < -0.3 is 19.7 Å². The van der Waals surface area contributed by atoms with E-state index in [1.807, 2.05) is 30.3 Å². The second-order valence-electron chi connectivity index (χ2n) is 4.84. The van der Waals surface area contributed by atoms with Crippen LogP contribution in [-0.4, -0.2) is 32.2 Å². The number of amides is 2. The van der Waals surface area contributed by atoms with Crippen LogP contribution in [0.1, 0.15) is 5.56 Å². The average Bonchev–Trinajstić information content (AvgIpc) is 2.56. The summed E-state index contributed by atoms with van der Waals surface area (Å²) < 4.78 is 10.4. The van der Waals surface area contributed by atoms with E-state index >= 15 is 0 Å². The summed E-state index contributed by atoms with van der Waals surface area (Å²) in [6.07, 6.45) is 0. The molecule has 1 N–H and O–H groups in total. The molecule has 2 amide bonds. The molecule has 0 bridgehead atoms. The molecule has 116 valence electrons. The maximum atomic E-state index is 12.3. The number of hydrogen-bond acceptors (Lipinski definition) is 3. The van der Waals surface area contributed by atoms with Crippen molar-refractivity contribution in [3.8, 4) is 11.5 Å². The Morgan fingerprint density at radius 1 is 1.09 bits per heavy atom. The first-order valence-electron chi connectivity index (χ1n) is 6.92. The number of hydrogen-bond donors (Lipinski definition) is 1. The Hall–Kier alpha value is -2.69. The number of carbonyl (C=O) groups is 1. The van der Waals surface area contributed by atoms with E-state index in [1.165, 1.54) is 0 Å². The first-order chi connectivity index (χ1) is 10.6. The van der Waals surface area contributed by atoms with Crippen molar-refractivity contribution in [3.05, 3.63) is 54.1 Å². The zero-order chi connectivity index (χ0) is 15.9. The molecule has 0 unspecified atom stereocenters. The van der Waals surface area contributed by atoms with Crippen LogP contribution in [0.15, 0.2) is 48.5 Å². The summed E-state index contributed by atoms with van der Waals surface area (Å²) in [6.45, 7) is 0.533. The maximum absolute atomic E-state index is 12.3. The van der Waals surface area contributed by atoms with Crippen LogP contribution in [0, 0.1) is 0 Å². The number of methoxy groups -OCH3 is 2. The van der Waals surface area contributed by atoms with E-state index in [0.29, 0.717) is 23.7 Å². The third-order valence-electron chi connectivity index (χ3n) is 3.26. The molecule has 22 heavy (non-hydrogen) atoms. The van der Waals surface area contributed by atoms with Crippen molar-refractivity contribution in [2.75, 3.05) is 26.6 Å². The van der Waals surface area contributed by atoms with E-state index < -0.39 is 0 Å². The number of carbonyl (C=O) groups excluding carboxylic acids is 1. The summed E-state index contributed by atoms with van der Waals surface area (Å²) in [7, 11) is 4.89. The highest BCUT2D eigenvalue weighted by atomic mass is 16.5.